The Labute approximate surface area is 107 Å². The Morgan fingerprint density at radius 1 is 1.08 bits per heavy atom. The van der Waals surface area contributed by atoms with Crippen LogP contribution >= 0.6 is 0 Å². The SMILES string of the molecule is CC(c1ccccc1)N(C)C.[Cl-].[Hg+]. The van der Waals surface area contributed by atoms with Crippen LogP contribution in [0.4, 0.5) is 0 Å². The predicted octanol–water partition coefficient (Wildman–Crippen LogP) is -0.689. The first-order chi connectivity index (χ1) is 5.22. The smallest absolute Gasteiger partial charge is 1.00 e. The van der Waals surface area contributed by atoms with Crippen LogP contribution in [0.1, 0.15) is 18.5 Å². The van der Waals surface area contributed by atoms with Gasteiger partial charge in [0, 0.05) is 6.04 Å². The van der Waals surface area contributed by atoms with Crippen molar-refractivity contribution in [2.24, 2.45) is 0 Å². The minimum Gasteiger partial charge on any atom is -1.00 e. The van der Waals surface area contributed by atoms with Crippen molar-refractivity contribution in [1.82, 2.24) is 4.90 Å². The molecule has 0 aromatic heterocycles. The number of nitrogens with zero attached hydrogens (tertiary/aromatic N) is 1. The van der Waals surface area contributed by atoms with Gasteiger partial charge in [-0.3, -0.25) is 0 Å². The van der Waals surface area contributed by atoms with E-state index in [1.165, 1.54) is 5.56 Å². The van der Waals surface area contributed by atoms with Gasteiger partial charge in [-0.05, 0) is 26.6 Å². The molecular weight excluding hydrogens is 370 g/mol. The summed E-state index contributed by atoms with van der Waals surface area (Å²) < 4.78 is 0. The van der Waals surface area contributed by atoms with Crippen molar-refractivity contribution in [3.63, 3.8) is 0 Å². The molecule has 1 aromatic rings. The molecule has 0 heterocycles. The third kappa shape index (κ3) is 4.99. The largest absolute Gasteiger partial charge is 1.00 e. The molecule has 0 fully saturated rings. The zero-order valence-corrected chi connectivity index (χ0v) is 14.8. The van der Waals surface area contributed by atoms with E-state index in [-0.39, 0.29) is 40.1 Å². The van der Waals surface area contributed by atoms with Crippen LogP contribution in [0.3, 0.4) is 0 Å². The molecule has 1 unspecified atom stereocenters. The van der Waals surface area contributed by atoms with Gasteiger partial charge in [-0.15, -0.1) is 0 Å². The van der Waals surface area contributed by atoms with Gasteiger partial charge >= 0.3 is 27.7 Å². The first kappa shape index (κ1) is 15.9. The molecule has 1 atom stereocenters. The topological polar surface area (TPSA) is 3.24 Å². The molecule has 69 valence electrons. The number of hydrogen-bond acceptors (Lipinski definition) is 1. The molecule has 0 spiro atoms. The molecule has 3 heteroatoms. The van der Waals surface area contributed by atoms with Gasteiger partial charge in [0.25, 0.3) is 0 Å². The maximum absolute atomic E-state index is 2.20. The van der Waals surface area contributed by atoms with E-state index in [0.29, 0.717) is 6.04 Å². The molecule has 0 N–H and O–H groups in total. The van der Waals surface area contributed by atoms with E-state index in [9.17, 15) is 0 Å². The fourth-order valence-electron chi connectivity index (χ4n) is 1.03. The van der Waals surface area contributed by atoms with Gasteiger partial charge in [-0.2, -0.15) is 0 Å². The number of benzene rings is 1. The third-order valence-corrected chi connectivity index (χ3v) is 2.06. The van der Waals surface area contributed by atoms with E-state index in [2.05, 4.69) is 50.2 Å². The minimum absolute atomic E-state index is 0. The third-order valence-electron chi connectivity index (χ3n) is 2.06. The summed E-state index contributed by atoms with van der Waals surface area (Å²) in [5, 5.41) is 0. The molecule has 13 heavy (non-hydrogen) atoms. The number of hydrogen-bond donors (Lipinski definition) is 0. The maximum atomic E-state index is 2.20. The molecule has 0 amide bonds. The van der Waals surface area contributed by atoms with Crippen LogP contribution in [0.15, 0.2) is 30.3 Å². The summed E-state index contributed by atoms with van der Waals surface area (Å²) in [6.45, 7) is 2.20. The summed E-state index contributed by atoms with van der Waals surface area (Å²) in [5.41, 5.74) is 1.37. The van der Waals surface area contributed by atoms with Crippen LogP contribution in [0.25, 0.3) is 0 Å². The maximum Gasteiger partial charge on any atom is 1.00 e. The average Bonchev–Trinajstić information content (AvgIpc) is 2.05. The first-order valence-electron chi connectivity index (χ1n) is 3.93. The van der Waals surface area contributed by atoms with E-state index in [1.54, 1.807) is 0 Å². The molecule has 1 nitrogen and oxygen atoms in total. The van der Waals surface area contributed by atoms with E-state index < -0.39 is 0 Å². The van der Waals surface area contributed by atoms with E-state index in [0.717, 1.165) is 0 Å². The molecule has 1 radical (unpaired) electrons. The Bertz CT molecular complexity index is 213. The van der Waals surface area contributed by atoms with Crippen LogP contribution in [0.5, 0.6) is 0 Å². The number of halogens is 1. The molecule has 0 saturated heterocycles. The molecule has 1 rings (SSSR count). The van der Waals surface area contributed by atoms with Crippen molar-refractivity contribution in [2.45, 2.75) is 13.0 Å². The Hall–Kier alpha value is 0.405. The van der Waals surface area contributed by atoms with Gasteiger partial charge in [0.15, 0.2) is 0 Å². The van der Waals surface area contributed by atoms with Gasteiger partial charge in [0.05, 0.1) is 0 Å². The Morgan fingerprint density at radius 2 is 1.54 bits per heavy atom. The zero-order valence-electron chi connectivity index (χ0n) is 8.50. The van der Waals surface area contributed by atoms with E-state index in [4.69, 9.17) is 0 Å². The molecule has 0 aliphatic rings. The fraction of sp³-hybridized carbons (Fsp3) is 0.400. The molecule has 0 bridgehead atoms. The number of rotatable bonds is 2. The van der Waals surface area contributed by atoms with Crippen LogP contribution < -0.4 is 12.4 Å². The fourth-order valence-corrected chi connectivity index (χ4v) is 1.03. The van der Waals surface area contributed by atoms with Crippen molar-refractivity contribution in [3.05, 3.63) is 35.9 Å². The normalized spacial score (nSPS) is 11.4. The summed E-state index contributed by atoms with van der Waals surface area (Å²) in [5.74, 6) is 0. The van der Waals surface area contributed by atoms with Crippen LogP contribution in [0.2, 0.25) is 0 Å². The Kier molecular flexibility index (Phi) is 9.49. The molecule has 0 aliphatic heterocycles. The Balaban J connectivity index is 0. The van der Waals surface area contributed by atoms with Gasteiger partial charge in [-0.25, -0.2) is 0 Å². The van der Waals surface area contributed by atoms with Crippen LogP contribution in [-0.4, -0.2) is 19.0 Å². The second-order valence-corrected chi connectivity index (χ2v) is 3.05. The quantitative estimate of drug-likeness (QED) is 0.610. The molecule has 0 saturated carbocycles. The summed E-state index contributed by atoms with van der Waals surface area (Å²) in [6.07, 6.45) is 0. The monoisotopic (exact) mass is 386 g/mol. The summed E-state index contributed by atoms with van der Waals surface area (Å²) in [4.78, 5) is 2.20. The second kappa shape index (κ2) is 7.78. The molecular formula is C10H15ClHgN. The van der Waals surface area contributed by atoms with E-state index >= 15 is 0 Å². The first-order valence-corrected chi connectivity index (χ1v) is 3.93. The predicted molar refractivity (Wildman–Crippen MR) is 48.5 cm³/mol. The van der Waals surface area contributed by atoms with Crippen LogP contribution in [0, 0.1) is 0 Å². The summed E-state index contributed by atoms with van der Waals surface area (Å²) >= 11 is 0. The van der Waals surface area contributed by atoms with E-state index in [1.807, 2.05) is 6.07 Å². The summed E-state index contributed by atoms with van der Waals surface area (Å²) in [6, 6.07) is 11.0. The van der Waals surface area contributed by atoms with Crippen molar-refractivity contribution >= 4 is 0 Å². The second-order valence-electron chi connectivity index (χ2n) is 3.05. The van der Waals surface area contributed by atoms with Crippen molar-refractivity contribution in [2.75, 3.05) is 14.1 Å². The average molecular weight is 385 g/mol. The minimum atomic E-state index is 0. The Morgan fingerprint density at radius 3 is 1.92 bits per heavy atom. The van der Waals surface area contributed by atoms with Gasteiger partial charge in [0.2, 0.25) is 0 Å². The van der Waals surface area contributed by atoms with Gasteiger partial charge in [0.1, 0.15) is 0 Å². The van der Waals surface area contributed by atoms with Crippen molar-refractivity contribution < 1.29 is 40.1 Å². The van der Waals surface area contributed by atoms with Gasteiger partial charge in [-0.1, -0.05) is 30.3 Å². The van der Waals surface area contributed by atoms with Crippen molar-refractivity contribution in [1.29, 1.82) is 0 Å². The van der Waals surface area contributed by atoms with Crippen molar-refractivity contribution in [3.8, 4) is 0 Å². The molecule has 1 aromatic carbocycles. The zero-order chi connectivity index (χ0) is 8.27. The molecule has 0 aliphatic carbocycles. The van der Waals surface area contributed by atoms with Crippen LogP contribution in [-0.2, 0) is 27.7 Å². The standard InChI is InChI=1S/C10H15N.ClH.Hg/c1-9(11(2)3)10-7-5-4-6-8-10;;/h4-9H,1-3H3;1H;/q;;+1/p-1. The van der Waals surface area contributed by atoms with Gasteiger partial charge < -0.3 is 17.3 Å². The summed E-state index contributed by atoms with van der Waals surface area (Å²) in [7, 11) is 4.19.